The van der Waals surface area contributed by atoms with Crippen molar-refractivity contribution in [3.8, 4) is 0 Å². The van der Waals surface area contributed by atoms with E-state index in [2.05, 4.69) is 10.6 Å². The minimum Gasteiger partial charge on any atom is -0.394 e. The molecule has 6 N–H and O–H groups in total. The summed E-state index contributed by atoms with van der Waals surface area (Å²) in [4.78, 5) is 35.8. The van der Waals surface area contributed by atoms with Crippen LogP contribution in [0, 0.1) is 0 Å². The third-order valence-electron chi connectivity index (χ3n) is 3.10. The minimum atomic E-state index is -1.12. The number of aliphatic hydroxyl groups excluding tert-OH is 4. The summed E-state index contributed by atoms with van der Waals surface area (Å²) in [7, 11) is 0. The molecule has 0 aliphatic heterocycles. The number of halogens is 1. The molecule has 0 radical (unpaired) electrons. The molecular weight excluding hydrogens is 447 g/mol. The molecule has 1 aromatic carbocycles. The van der Waals surface area contributed by atoms with E-state index >= 15 is 0 Å². The summed E-state index contributed by atoms with van der Waals surface area (Å²) in [5, 5.41) is 40.7. The number of hydrogen-bond donors (Lipinski definition) is 6. The molecule has 1 rings (SSSR count). The van der Waals surface area contributed by atoms with Gasteiger partial charge in [0.2, 0.25) is 3.79 Å². The smallest absolute Gasteiger partial charge is 0.251 e. The maximum absolute atomic E-state index is 12.1. The molecule has 0 bridgehead atoms. The van der Waals surface area contributed by atoms with Gasteiger partial charge in [0.1, 0.15) is 0 Å². The Kier molecular flexibility index (Phi) is 8.92. The molecule has 25 heavy (non-hydrogen) atoms. The summed E-state index contributed by atoms with van der Waals surface area (Å²) < 4.78 is -0.382. The van der Waals surface area contributed by atoms with Crippen molar-refractivity contribution < 1.29 is 34.8 Å². The van der Waals surface area contributed by atoms with E-state index in [1.807, 2.05) is 0 Å². The molecule has 0 aromatic heterocycles. The maximum atomic E-state index is 12.1. The van der Waals surface area contributed by atoms with Crippen molar-refractivity contribution in [2.45, 2.75) is 12.2 Å². The van der Waals surface area contributed by atoms with Gasteiger partial charge in [0, 0.05) is 52.4 Å². The molecule has 1 aromatic rings. The molecular formula is C15H19IN2O7. The number of carbonyl (C=O) groups excluding carboxylic acids is 3. The number of benzene rings is 1. The zero-order chi connectivity index (χ0) is 19.0. The van der Waals surface area contributed by atoms with Gasteiger partial charge in [-0.3, -0.25) is 14.4 Å². The molecule has 10 heteroatoms. The Labute approximate surface area is 157 Å². The highest BCUT2D eigenvalue weighted by Gasteiger charge is 2.16. The lowest BCUT2D eigenvalue weighted by Crippen LogP contribution is -2.35. The average Bonchev–Trinajstić information content (AvgIpc) is 2.62. The van der Waals surface area contributed by atoms with Gasteiger partial charge in [0.05, 0.1) is 25.4 Å². The van der Waals surface area contributed by atoms with E-state index < -0.39 is 37.2 Å². The number of nitrogens with one attached hydrogen (secondary N) is 2. The van der Waals surface area contributed by atoms with Crippen molar-refractivity contribution in [3.05, 3.63) is 34.9 Å². The van der Waals surface area contributed by atoms with E-state index in [0.717, 1.165) is 0 Å². The van der Waals surface area contributed by atoms with Gasteiger partial charge in [-0.1, -0.05) is 0 Å². The Morgan fingerprint density at radius 1 is 0.840 bits per heavy atom. The maximum Gasteiger partial charge on any atom is 0.251 e. The van der Waals surface area contributed by atoms with E-state index in [1.54, 1.807) is 0 Å². The Balaban J connectivity index is 2.98. The van der Waals surface area contributed by atoms with Gasteiger partial charge in [-0.25, -0.2) is 0 Å². The van der Waals surface area contributed by atoms with Crippen LogP contribution in [0.15, 0.2) is 18.2 Å². The van der Waals surface area contributed by atoms with Crippen LogP contribution in [-0.4, -0.2) is 74.5 Å². The summed E-state index contributed by atoms with van der Waals surface area (Å²) in [5.74, 6) is -1.26. The predicted octanol–water partition coefficient (Wildman–Crippen LogP) is -1.57. The van der Waals surface area contributed by atoms with E-state index in [1.165, 1.54) is 40.8 Å². The van der Waals surface area contributed by atoms with Crippen LogP contribution in [0.5, 0.6) is 0 Å². The van der Waals surface area contributed by atoms with E-state index in [0.29, 0.717) is 0 Å². The third kappa shape index (κ3) is 7.04. The molecule has 0 fully saturated rings. The van der Waals surface area contributed by atoms with Gasteiger partial charge in [0.15, 0.2) is 0 Å². The van der Waals surface area contributed by atoms with Crippen LogP contribution in [0.25, 0.3) is 0 Å². The third-order valence-corrected chi connectivity index (χ3v) is 3.73. The second kappa shape index (κ2) is 10.4. The van der Waals surface area contributed by atoms with E-state index in [9.17, 15) is 24.6 Å². The molecule has 2 amide bonds. The van der Waals surface area contributed by atoms with E-state index in [4.69, 9.17) is 10.2 Å². The fourth-order valence-electron chi connectivity index (χ4n) is 1.76. The first-order valence-electron chi connectivity index (χ1n) is 7.27. The van der Waals surface area contributed by atoms with Gasteiger partial charge in [-0.05, 0) is 18.2 Å². The number of amides is 2. The van der Waals surface area contributed by atoms with Gasteiger partial charge in [-0.15, -0.1) is 0 Å². The Morgan fingerprint density at radius 3 is 1.52 bits per heavy atom. The summed E-state index contributed by atoms with van der Waals surface area (Å²) in [6.07, 6.45) is -2.25. The number of rotatable bonds is 9. The summed E-state index contributed by atoms with van der Waals surface area (Å²) in [6, 6.07) is 3.86. The normalized spacial score (nSPS) is 13.0. The first-order chi connectivity index (χ1) is 11.8. The summed E-state index contributed by atoms with van der Waals surface area (Å²) in [5.41, 5.74) is 0.185. The van der Waals surface area contributed by atoms with Crippen molar-refractivity contribution in [3.63, 3.8) is 0 Å². The van der Waals surface area contributed by atoms with Crippen molar-refractivity contribution in [2.75, 3.05) is 26.3 Å². The topological polar surface area (TPSA) is 156 Å². The molecule has 0 spiro atoms. The second-order valence-electron chi connectivity index (χ2n) is 5.17. The second-order valence-corrected chi connectivity index (χ2v) is 6.15. The monoisotopic (exact) mass is 466 g/mol. The van der Waals surface area contributed by atoms with Crippen LogP contribution in [0.1, 0.15) is 31.1 Å². The van der Waals surface area contributed by atoms with Crippen LogP contribution < -0.4 is 10.6 Å². The van der Waals surface area contributed by atoms with Crippen LogP contribution in [0.3, 0.4) is 0 Å². The Hall–Kier alpha value is -1.60. The fraction of sp³-hybridized carbons (Fsp3) is 0.400. The lowest BCUT2D eigenvalue weighted by Gasteiger charge is -2.12. The molecule has 2 unspecified atom stereocenters. The molecule has 0 aliphatic carbocycles. The van der Waals surface area contributed by atoms with Crippen molar-refractivity contribution in [2.24, 2.45) is 0 Å². The van der Waals surface area contributed by atoms with Crippen molar-refractivity contribution >= 4 is 38.2 Å². The van der Waals surface area contributed by atoms with Gasteiger partial charge in [0.25, 0.3) is 11.8 Å². The first-order valence-corrected chi connectivity index (χ1v) is 8.35. The van der Waals surface area contributed by atoms with Crippen LogP contribution in [0.4, 0.5) is 0 Å². The molecule has 0 saturated heterocycles. The first kappa shape index (κ1) is 21.4. The summed E-state index contributed by atoms with van der Waals surface area (Å²) >= 11 is 1.52. The zero-order valence-electron chi connectivity index (χ0n) is 13.1. The highest BCUT2D eigenvalue weighted by Crippen LogP contribution is 2.14. The van der Waals surface area contributed by atoms with Crippen molar-refractivity contribution in [1.82, 2.24) is 10.6 Å². The lowest BCUT2D eigenvalue weighted by atomic mass is 10.0. The highest BCUT2D eigenvalue weighted by molar-refractivity contribution is 14.1. The molecule has 9 nitrogen and oxygen atoms in total. The number of carbonyl (C=O) groups is 3. The molecule has 0 saturated carbocycles. The van der Waals surface area contributed by atoms with E-state index in [-0.39, 0.29) is 33.6 Å². The van der Waals surface area contributed by atoms with Crippen LogP contribution in [-0.2, 0) is 0 Å². The fourth-order valence-corrected chi connectivity index (χ4v) is 2.07. The van der Waals surface area contributed by atoms with Gasteiger partial charge >= 0.3 is 0 Å². The predicted molar refractivity (Wildman–Crippen MR) is 95.6 cm³/mol. The van der Waals surface area contributed by atoms with Crippen molar-refractivity contribution in [1.29, 1.82) is 0 Å². The molecule has 0 aliphatic rings. The lowest BCUT2D eigenvalue weighted by molar-refractivity contribution is 0.0800. The Bertz CT molecular complexity index is 594. The SMILES string of the molecule is O=C(I)c1cc(C(=O)NCC(O)CO)cc(C(=O)NCC(O)CO)c1. The molecule has 2 atom stereocenters. The Morgan fingerprint density at radius 2 is 1.20 bits per heavy atom. The van der Waals surface area contributed by atoms with Gasteiger partial charge < -0.3 is 31.1 Å². The average molecular weight is 466 g/mol. The van der Waals surface area contributed by atoms with Crippen LogP contribution in [0.2, 0.25) is 0 Å². The largest absolute Gasteiger partial charge is 0.394 e. The van der Waals surface area contributed by atoms with Crippen LogP contribution >= 0.6 is 22.6 Å². The van der Waals surface area contributed by atoms with Gasteiger partial charge in [-0.2, -0.15) is 0 Å². The number of hydrogen-bond acceptors (Lipinski definition) is 7. The minimum absolute atomic E-state index is 0.0283. The molecule has 0 heterocycles. The molecule has 138 valence electrons. The standard InChI is InChI=1S/C15H19IN2O7/c16-13(23)8-1-9(14(24)17-4-11(21)6-19)3-10(2-8)15(25)18-5-12(22)7-20/h1-3,11-12,19-22H,4-7H2,(H,17,24)(H,18,25). The summed E-state index contributed by atoms with van der Waals surface area (Å²) in [6.45, 7) is -1.43. The highest BCUT2D eigenvalue weighted by atomic mass is 127. The number of aliphatic hydroxyl groups is 4. The quantitative estimate of drug-likeness (QED) is 0.190. The zero-order valence-corrected chi connectivity index (χ0v) is 15.3.